The van der Waals surface area contributed by atoms with Crippen LogP contribution in [0.2, 0.25) is 0 Å². The number of carbonyl (C=O) groups excluding carboxylic acids is 1. The minimum absolute atomic E-state index is 0.269. The van der Waals surface area contributed by atoms with Crippen molar-refractivity contribution < 1.29 is 9.53 Å². The molecule has 5 heteroatoms. The average Bonchev–Trinajstić information content (AvgIpc) is 2.46. The summed E-state index contributed by atoms with van der Waals surface area (Å²) < 4.78 is 5.41. The van der Waals surface area contributed by atoms with Crippen molar-refractivity contribution >= 4 is 5.91 Å². The molecule has 1 amide bonds. The number of rotatable bonds is 4. The molecule has 4 N–H and O–H groups in total. The van der Waals surface area contributed by atoms with Crippen LogP contribution in [0.5, 0.6) is 0 Å². The zero-order valence-corrected chi connectivity index (χ0v) is 11.9. The van der Waals surface area contributed by atoms with Crippen molar-refractivity contribution in [1.82, 2.24) is 4.90 Å². The minimum Gasteiger partial charge on any atom is -0.378 e. The fourth-order valence-corrected chi connectivity index (χ4v) is 3.60. The summed E-state index contributed by atoms with van der Waals surface area (Å²) in [4.78, 5) is 13.9. The van der Waals surface area contributed by atoms with Gasteiger partial charge in [0, 0.05) is 12.6 Å². The molecule has 2 fully saturated rings. The highest BCUT2D eigenvalue weighted by Gasteiger charge is 2.39. The Bertz CT molecular complexity index is 311. The quantitative estimate of drug-likeness (QED) is 0.770. The number of nitrogens with two attached hydrogens (primary N) is 2. The zero-order valence-electron chi connectivity index (χ0n) is 11.9. The van der Waals surface area contributed by atoms with Crippen molar-refractivity contribution in [3.8, 4) is 0 Å². The molecule has 19 heavy (non-hydrogen) atoms. The molecule has 110 valence electrons. The lowest BCUT2D eigenvalue weighted by Crippen LogP contribution is -2.59. The highest BCUT2D eigenvalue weighted by atomic mass is 16.5. The maximum absolute atomic E-state index is 11.6. The van der Waals surface area contributed by atoms with Crippen LogP contribution in [0.25, 0.3) is 0 Å². The summed E-state index contributed by atoms with van der Waals surface area (Å²) in [7, 11) is 0. The summed E-state index contributed by atoms with van der Waals surface area (Å²) in [6.07, 6.45) is 4.78. The van der Waals surface area contributed by atoms with E-state index in [1.54, 1.807) is 0 Å². The van der Waals surface area contributed by atoms with E-state index in [2.05, 4.69) is 11.8 Å². The van der Waals surface area contributed by atoms with Gasteiger partial charge in [0.1, 0.15) is 6.04 Å². The third-order valence-corrected chi connectivity index (χ3v) is 4.87. The Labute approximate surface area is 115 Å². The van der Waals surface area contributed by atoms with Crippen LogP contribution >= 0.6 is 0 Å². The Morgan fingerprint density at radius 1 is 1.42 bits per heavy atom. The predicted octanol–water partition coefficient (Wildman–Crippen LogP) is 0.326. The third-order valence-electron chi connectivity index (χ3n) is 4.87. The summed E-state index contributed by atoms with van der Waals surface area (Å²) in [5, 5.41) is 0. The second-order valence-corrected chi connectivity index (χ2v) is 5.88. The van der Waals surface area contributed by atoms with Gasteiger partial charge in [-0.25, -0.2) is 0 Å². The maximum Gasteiger partial charge on any atom is 0.237 e. The molecule has 1 heterocycles. The van der Waals surface area contributed by atoms with E-state index in [1.165, 1.54) is 19.3 Å². The van der Waals surface area contributed by atoms with Crippen LogP contribution in [0.1, 0.15) is 32.6 Å². The van der Waals surface area contributed by atoms with Gasteiger partial charge >= 0.3 is 0 Å². The van der Waals surface area contributed by atoms with Crippen LogP contribution in [-0.2, 0) is 9.53 Å². The number of hydrogen-bond acceptors (Lipinski definition) is 4. The van der Waals surface area contributed by atoms with Crippen molar-refractivity contribution in [2.24, 2.45) is 23.3 Å². The molecule has 0 radical (unpaired) electrons. The SMILES string of the molecule is CCC1CCC(CN)C(N2CCOCC2C(N)=O)C1. The molecule has 0 aromatic heterocycles. The predicted molar refractivity (Wildman–Crippen MR) is 74.5 cm³/mol. The number of hydrogen-bond donors (Lipinski definition) is 2. The van der Waals surface area contributed by atoms with E-state index in [9.17, 15) is 4.79 Å². The topological polar surface area (TPSA) is 81.6 Å². The van der Waals surface area contributed by atoms with E-state index in [0.29, 0.717) is 31.7 Å². The van der Waals surface area contributed by atoms with E-state index in [-0.39, 0.29) is 11.9 Å². The molecule has 0 bridgehead atoms. The van der Waals surface area contributed by atoms with Crippen molar-refractivity contribution in [2.45, 2.75) is 44.7 Å². The molecule has 1 aliphatic heterocycles. The van der Waals surface area contributed by atoms with Crippen LogP contribution in [0.4, 0.5) is 0 Å². The van der Waals surface area contributed by atoms with Gasteiger partial charge < -0.3 is 16.2 Å². The van der Waals surface area contributed by atoms with Crippen LogP contribution in [0, 0.1) is 11.8 Å². The second kappa shape index (κ2) is 6.68. The normalized spacial score (nSPS) is 37.2. The van der Waals surface area contributed by atoms with Gasteiger partial charge in [-0.3, -0.25) is 9.69 Å². The van der Waals surface area contributed by atoms with Crippen molar-refractivity contribution in [3.63, 3.8) is 0 Å². The van der Waals surface area contributed by atoms with Crippen molar-refractivity contribution in [1.29, 1.82) is 0 Å². The number of carbonyl (C=O) groups is 1. The fourth-order valence-electron chi connectivity index (χ4n) is 3.60. The second-order valence-electron chi connectivity index (χ2n) is 5.88. The molecule has 0 spiro atoms. The molecule has 0 aromatic carbocycles. The largest absolute Gasteiger partial charge is 0.378 e. The maximum atomic E-state index is 11.6. The molecule has 4 atom stereocenters. The minimum atomic E-state index is -0.275. The molecule has 5 nitrogen and oxygen atoms in total. The van der Waals surface area contributed by atoms with E-state index in [4.69, 9.17) is 16.2 Å². The fraction of sp³-hybridized carbons (Fsp3) is 0.929. The summed E-state index contributed by atoms with van der Waals surface area (Å²) in [6.45, 7) is 4.86. The molecule has 4 unspecified atom stereocenters. The first kappa shape index (κ1) is 14.8. The number of primary amides is 1. The Morgan fingerprint density at radius 2 is 2.21 bits per heavy atom. The van der Waals surface area contributed by atoms with Gasteiger partial charge in [0.05, 0.1) is 13.2 Å². The molecule has 1 saturated carbocycles. The van der Waals surface area contributed by atoms with Crippen LogP contribution < -0.4 is 11.5 Å². The third kappa shape index (κ3) is 3.27. The number of amides is 1. The van der Waals surface area contributed by atoms with Crippen LogP contribution in [-0.4, -0.2) is 49.2 Å². The number of nitrogens with zero attached hydrogens (tertiary/aromatic N) is 1. The van der Waals surface area contributed by atoms with Gasteiger partial charge in [-0.2, -0.15) is 0 Å². The zero-order chi connectivity index (χ0) is 13.8. The van der Waals surface area contributed by atoms with Gasteiger partial charge in [-0.15, -0.1) is 0 Å². The first-order chi connectivity index (χ1) is 9.17. The molecule has 0 aromatic rings. The lowest BCUT2D eigenvalue weighted by Gasteiger charge is -2.46. The van der Waals surface area contributed by atoms with Crippen LogP contribution in [0.15, 0.2) is 0 Å². The molecule has 2 rings (SSSR count). The summed E-state index contributed by atoms with van der Waals surface area (Å²) in [5.41, 5.74) is 11.5. The smallest absolute Gasteiger partial charge is 0.237 e. The molecule has 2 aliphatic rings. The summed E-state index contributed by atoms with van der Waals surface area (Å²) in [5.74, 6) is 0.973. The monoisotopic (exact) mass is 269 g/mol. The van der Waals surface area contributed by atoms with Crippen LogP contribution in [0.3, 0.4) is 0 Å². The van der Waals surface area contributed by atoms with Gasteiger partial charge in [0.15, 0.2) is 0 Å². The highest BCUT2D eigenvalue weighted by Crippen LogP contribution is 2.35. The molecule has 1 saturated heterocycles. The standard InChI is InChI=1S/C14H27N3O2/c1-2-10-3-4-11(8-15)12(7-10)17-5-6-19-9-13(17)14(16)18/h10-13H,2-9,15H2,1H3,(H2,16,18). The highest BCUT2D eigenvalue weighted by molar-refractivity contribution is 5.80. The Balaban J connectivity index is 2.12. The Hall–Kier alpha value is -0.650. The van der Waals surface area contributed by atoms with Gasteiger partial charge in [-0.1, -0.05) is 19.8 Å². The summed E-state index contributed by atoms with van der Waals surface area (Å²) >= 11 is 0. The first-order valence-corrected chi connectivity index (χ1v) is 7.50. The lowest BCUT2D eigenvalue weighted by molar-refractivity contribution is -0.133. The van der Waals surface area contributed by atoms with E-state index in [0.717, 1.165) is 18.9 Å². The van der Waals surface area contributed by atoms with E-state index >= 15 is 0 Å². The van der Waals surface area contributed by atoms with E-state index < -0.39 is 0 Å². The average molecular weight is 269 g/mol. The summed E-state index contributed by atoms with van der Waals surface area (Å²) in [6, 6.07) is 0.119. The molecular weight excluding hydrogens is 242 g/mol. The van der Waals surface area contributed by atoms with Gasteiger partial charge in [0.25, 0.3) is 0 Å². The van der Waals surface area contributed by atoms with Gasteiger partial charge in [-0.05, 0) is 31.2 Å². The van der Waals surface area contributed by atoms with E-state index in [1.807, 2.05) is 0 Å². The molecule has 1 aliphatic carbocycles. The van der Waals surface area contributed by atoms with Gasteiger partial charge in [0.2, 0.25) is 5.91 Å². The first-order valence-electron chi connectivity index (χ1n) is 7.50. The lowest BCUT2D eigenvalue weighted by atomic mass is 9.76. The Morgan fingerprint density at radius 3 is 2.84 bits per heavy atom. The van der Waals surface area contributed by atoms with Crippen molar-refractivity contribution in [3.05, 3.63) is 0 Å². The number of ether oxygens (including phenoxy) is 1. The Kier molecular flexibility index (Phi) is 5.19. The van der Waals surface area contributed by atoms with Crippen molar-refractivity contribution in [2.75, 3.05) is 26.3 Å². The molecular formula is C14H27N3O2. The number of morpholine rings is 1.